The van der Waals surface area contributed by atoms with Crippen LogP contribution in [0.25, 0.3) is 11.0 Å². The van der Waals surface area contributed by atoms with Gasteiger partial charge >= 0.3 is 6.18 Å². The lowest BCUT2D eigenvalue weighted by molar-refractivity contribution is -0.141. The van der Waals surface area contributed by atoms with Crippen LogP contribution in [0.1, 0.15) is 47.9 Å². The Kier molecular flexibility index (Phi) is 4.60. The van der Waals surface area contributed by atoms with Crippen molar-refractivity contribution in [3.8, 4) is 0 Å². The Labute approximate surface area is 146 Å². The normalized spacial score (nSPS) is 16.3. The molecule has 26 heavy (non-hydrogen) atoms. The van der Waals surface area contributed by atoms with E-state index >= 15 is 0 Å². The van der Waals surface area contributed by atoms with Gasteiger partial charge in [-0.05, 0) is 31.0 Å². The van der Waals surface area contributed by atoms with Crippen LogP contribution in [0, 0.1) is 5.92 Å². The quantitative estimate of drug-likeness (QED) is 0.617. The number of pyridine rings is 2. The van der Waals surface area contributed by atoms with Gasteiger partial charge in [0, 0.05) is 23.8 Å². The molecular formula is C18H15F3N2O3. The van der Waals surface area contributed by atoms with Crippen LogP contribution in [0.3, 0.4) is 0 Å². The van der Waals surface area contributed by atoms with Crippen molar-refractivity contribution in [3.05, 3.63) is 35.2 Å². The molecule has 1 aliphatic carbocycles. The highest BCUT2D eigenvalue weighted by Crippen LogP contribution is 2.30. The van der Waals surface area contributed by atoms with Crippen LogP contribution in [0.4, 0.5) is 13.2 Å². The van der Waals surface area contributed by atoms with Crippen LogP contribution >= 0.6 is 0 Å². The lowest BCUT2D eigenvalue weighted by Crippen LogP contribution is -2.35. The smallest absolute Gasteiger partial charge is 0.298 e. The third-order valence-electron chi connectivity index (χ3n) is 4.40. The molecule has 0 spiro atoms. The third kappa shape index (κ3) is 3.23. The van der Waals surface area contributed by atoms with Crippen molar-refractivity contribution in [1.82, 2.24) is 9.97 Å². The van der Waals surface area contributed by atoms with Crippen LogP contribution in [0.5, 0.6) is 0 Å². The molecule has 136 valence electrons. The van der Waals surface area contributed by atoms with Crippen LogP contribution in [0.2, 0.25) is 0 Å². The van der Waals surface area contributed by atoms with Crippen LogP contribution < -0.4 is 0 Å². The second-order valence-corrected chi connectivity index (χ2v) is 6.16. The summed E-state index contributed by atoms with van der Waals surface area (Å²) in [5, 5.41) is 0.245. The summed E-state index contributed by atoms with van der Waals surface area (Å²) in [4.78, 5) is 44.5. The SMILES string of the molecule is CCc1nc2nc(C(F)(F)F)ccc2cc1C(=O)C1C(=O)CCCC1=O. The summed E-state index contributed by atoms with van der Waals surface area (Å²) in [6.45, 7) is 1.68. The van der Waals surface area contributed by atoms with Crippen molar-refractivity contribution < 1.29 is 27.6 Å². The van der Waals surface area contributed by atoms with E-state index in [2.05, 4.69) is 9.97 Å². The first kappa shape index (κ1) is 18.2. The Morgan fingerprint density at radius 2 is 1.81 bits per heavy atom. The first-order chi connectivity index (χ1) is 12.2. The molecule has 1 saturated carbocycles. The standard InChI is InChI=1S/C18H15F3N2O3/c1-2-11-10(16(26)15-12(24)4-3-5-13(15)25)8-9-6-7-14(18(19,20)21)23-17(9)22-11/h6-8,15H,2-5H2,1H3. The van der Waals surface area contributed by atoms with Gasteiger partial charge in [-0.15, -0.1) is 0 Å². The van der Waals surface area contributed by atoms with Gasteiger partial charge in [0.15, 0.2) is 23.0 Å². The van der Waals surface area contributed by atoms with Crippen molar-refractivity contribution in [2.75, 3.05) is 0 Å². The van der Waals surface area contributed by atoms with Gasteiger partial charge in [0.25, 0.3) is 0 Å². The van der Waals surface area contributed by atoms with Crippen LogP contribution in [-0.2, 0) is 22.2 Å². The number of ketones is 3. The molecule has 0 aromatic carbocycles. The predicted molar refractivity (Wildman–Crippen MR) is 85.6 cm³/mol. The van der Waals surface area contributed by atoms with Crippen molar-refractivity contribution in [2.24, 2.45) is 5.92 Å². The number of carbonyl (C=O) groups is 3. The largest absolute Gasteiger partial charge is 0.433 e. The number of alkyl halides is 3. The van der Waals surface area contributed by atoms with E-state index < -0.39 is 35.1 Å². The Balaban J connectivity index is 2.09. The van der Waals surface area contributed by atoms with E-state index in [-0.39, 0.29) is 41.6 Å². The van der Waals surface area contributed by atoms with Crippen molar-refractivity contribution >= 4 is 28.4 Å². The van der Waals surface area contributed by atoms with Gasteiger partial charge in [0.2, 0.25) is 0 Å². The molecule has 1 aliphatic rings. The fraction of sp³-hybridized carbons (Fsp3) is 0.389. The highest BCUT2D eigenvalue weighted by atomic mass is 19.4. The number of nitrogens with zero attached hydrogens (tertiary/aromatic N) is 2. The predicted octanol–water partition coefficient (Wildman–Crippen LogP) is 3.33. The minimum atomic E-state index is -4.60. The van der Waals surface area contributed by atoms with E-state index in [0.29, 0.717) is 6.42 Å². The number of rotatable bonds is 3. The van der Waals surface area contributed by atoms with Gasteiger partial charge in [0.1, 0.15) is 11.6 Å². The molecule has 0 saturated heterocycles. The number of halogens is 3. The summed E-state index contributed by atoms with van der Waals surface area (Å²) in [5.41, 5.74) is -0.888. The summed E-state index contributed by atoms with van der Waals surface area (Å²) in [6, 6.07) is 3.35. The molecule has 0 radical (unpaired) electrons. The fourth-order valence-electron chi connectivity index (χ4n) is 3.08. The number of aryl methyl sites for hydroxylation is 1. The summed E-state index contributed by atoms with van der Waals surface area (Å²) in [5.74, 6) is -2.81. The monoisotopic (exact) mass is 364 g/mol. The molecule has 0 atom stereocenters. The Morgan fingerprint density at radius 1 is 1.15 bits per heavy atom. The number of carbonyl (C=O) groups excluding carboxylic acids is 3. The summed E-state index contributed by atoms with van der Waals surface area (Å²) in [7, 11) is 0. The van der Waals surface area contributed by atoms with Gasteiger partial charge in [-0.25, -0.2) is 9.97 Å². The second kappa shape index (κ2) is 6.59. The van der Waals surface area contributed by atoms with E-state index in [0.717, 1.165) is 6.07 Å². The average molecular weight is 364 g/mol. The summed E-state index contributed by atoms with van der Waals surface area (Å²) in [6.07, 6.45) is -3.58. The van der Waals surface area contributed by atoms with E-state index in [9.17, 15) is 27.6 Å². The highest BCUT2D eigenvalue weighted by molar-refractivity contribution is 6.25. The van der Waals surface area contributed by atoms with E-state index in [1.54, 1.807) is 6.92 Å². The molecule has 1 fully saturated rings. The molecule has 3 rings (SSSR count). The number of hydrogen-bond donors (Lipinski definition) is 0. The second-order valence-electron chi connectivity index (χ2n) is 6.16. The zero-order valence-corrected chi connectivity index (χ0v) is 13.9. The van der Waals surface area contributed by atoms with E-state index in [1.165, 1.54) is 12.1 Å². The lowest BCUT2D eigenvalue weighted by atomic mass is 9.81. The third-order valence-corrected chi connectivity index (χ3v) is 4.40. The molecule has 2 aromatic heterocycles. The zero-order chi connectivity index (χ0) is 19.1. The van der Waals surface area contributed by atoms with Crippen molar-refractivity contribution in [2.45, 2.75) is 38.8 Å². The van der Waals surface area contributed by atoms with Gasteiger partial charge < -0.3 is 0 Å². The highest BCUT2D eigenvalue weighted by Gasteiger charge is 2.38. The van der Waals surface area contributed by atoms with E-state index in [1.807, 2.05) is 0 Å². The summed E-state index contributed by atoms with van der Waals surface area (Å²) >= 11 is 0. The zero-order valence-electron chi connectivity index (χ0n) is 13.9. The molecular weight excluding hydrogens is 349 g/mol. The number of Topliss-reactive ketones (excluding diaryl/α,β-unsaturated/α-hetero) is 3. The lowest BCUT2D eigenvalue weighted by Gasteiger charge is -2.19. The Hall–Kier alpha value is -2.64. The molecule has 8 heteroatoms. The number of fused-ring (bicyclic) bond motifs is 1. The maximum atomic E-state index is 12.8. The molecule has 2 heterocycles. The van der Waals surface area contributed by atoms with Gasteiger partial charge in [-0.2, -0.15) is 13.2 Å². The summed E-state index contributed by atoms with van der Waals surface area (Å²) < 4.78 is 38.4. The molecule has 2 aromatic rings. The minimum Gasteiger partial charge on any atom is -0.298 e. The van der Waals surface area contributed by atoms with Crippen LogP contribution in [0.15, 0.2) is 18.2 Å². The molecule has 0 unspecified atom stereocenters. The van der Waals surface area contributed by atoms with E-state index in [4.69, 9.17) is 0 Å². The first-order valence-electron chi connectivity index (χ1n) is 8.20. The molecule has 0 aliphatic heterocycles. The van der Waals surface area contributed by atoms with Gasteiger partial charge in [-0.3, -0.25) is 14.4 Å². The Bertz CT molecular complexity index is 906. The number of hydrogen-bond acceptors (Lipinski definition) is 5. The number of aromatic nitrogens is 2. The molecule has 0 N–H and O–H groups in total. The van der Waals surface area contributed by atoms with Crippen molar-refractivity contribution in [1.29, 1.82) is 0 Å². The van der Waals surface area contributed by atoms with Crippen molar-refractivity contribution in [3.63, 3.8) is 0 Å². The topological polar surface area (TPSA) is 77.0 Å². The first-order valence-corrected chi connectivity index (χ1v) is 8.20. The van der Waals surface area contributed by atoms with Crippen LogP contribution in [-0.4, -0.2) is 27.3 Å². The maximum absolute atomic E-state index is 12.8. The molecule has 5 nitrogen and oxygen atoms in total. The Morgan fingerprint density at radius 3 is 2.38 bits per heavy atom. The van der Waals surface area contributed by atoms with Gasteiger partial charge in [0.05, 0.1) is 5.69 Å². The maximum Gasteiger partial charge on any atom is 0.433 e. The fourth-order valence-corrected chi connectivity index (χ4v) is 3.08. The van der Waals surface area contributed by atoms with Gasteiger partial charge in [-0.1, -0.05) is 6.92 Å². The average Bonchev–Trinajstić information content (AvgIpc) is 2.58. The minimum absolute atomic E-state index is 0.0927. The molecule has 0 amide bonds. The molecule has 0 bridgehead atoms.